The Bertz CT molecular complexity index is 370. The minimum absolute atomic E-state index is 0.293. The van der Waals surface area contributed by atoms with E-state index in [0.717, 1.165) is 31.0 Å². The van der Waals surface area contributed by atoms with Crippen LogP contribution in [-0.2, 0) is 6.54 Å². The number of piperidine rings is 1. The van der Waals surface area contributed by atoms with Crippen LogP contribution in [0.25, 0.3) is 0 Å². The van der Waals surface area contributed by atoms with Gasteiger partial charge in [-0.15, -0.1) is 0 Å². The summed E-state index contributed by atoms with van der Waals surface area (Å²) >= 11 is 0. The van der Waals surface area contributed by atoms with E-state index in [4.69, 9.17) is 0 Å². The van der Waals surface area contributed by atoms with Crippen molar-refractivity contribution in [2.75, 3.05) is 13.1 Å². The van der Waals surface area contributed by atoms with Crippen molar-refractivity contribution in [2.45, 2.75) is 25.5 Å². The first-order valence-corrected chi connectivity index (χ1v) is 5.49. The Morgan fingerprint density at radius 3 is 2.81 bits per heavy atom. The van der Waals surface area contributed by atoms with Crippen LogP contribution in [0, 0.1) is 11.6 Å². The largest absolute Gasteiger partial charge is 0.392 e. The van der Waals surface area contributed by atoms with Crippen LogP contribution in [0.4, 0.5) is 8.78 Å². The molecule has 0 spiro atoms. The molecule has 1 fully saturated rings. The third-order valence-corrected chi connectivity index (χ3v) is 2.87. The van der Waals surface area contributed by atoms with E-state index in [1.54, 1.807) is 6.07 Å². The highest BCUT2D eigenvalue weighted by Crippen LogP contribution is 2.15. The second-order valence-corrected chi connectivity index (χ2v) is 4.28. The molecule has 0 aliphatic carbocycles. The van der Waals surface area contributed by atoms with E-state index in [9.17, 15) is 13.9 Å². The van der Waals surface area contributed by atoms with E-state index >= 15 is 0 Å². The van der Waals surface area contributed by atoms with Crippen LogP contribution in [0.1, 0.15) is 18.4 Å². The van der Waals surface area contributed by atoms with Gasteiger partial charge in [-0.3, -0.25) is 4.90 Å². The summed E-state index contributed by atoms with van der Waals surface area (Å²) in [5.74, 6) is -1.63. The number of benzene rings is 1. The second-order valence-electron chi connectivity index (χ2n) is 4.28. The monoisotopic (exact) mass is 227 g/mol. The highest BCUT2D eigenvalue weighted by Gasteiger charge is 2.17. The summed E-state index contributed by atoms with van der Waals surface area (Å²) in [7, 11) is 0. The lowest BCUT2D eigenvalue weighted by Gasteiger charge is -2.29. The van der Waals surface area contributed by atoms with Gasteiger partial charge >= 0.3 is 0 Å². The van der Waals surface area contributed by atoms with Gasteiger partial charge in [0.25, 0.3) is 0 Å². The van der Waals surface area contributed by atoms with Crippen molar-refractivity contribution in [3.05, 3.63) is 35.4 Å². The summed E-state index contributed by atoms with van der Waals surface area (Å²) < 4.78 is 25.7. The van der Waals surface area contributed by atoms with Crippen molar-refractivity contribution in [1.29, 1.82) is 0 Å². The number of rotatable bonds is 2. The van der Waals surface area contributed by atoms with Gasteiger partial charge in [-0.1, -0.05) is 6.07 Å². The van der Waals surface area contributed by atoms with Crippen LogP contribution in [0.15, 0.2) is 18.2 Å². The van der Waals surface area contributed by atoms with E-state index < -0.39 is 11.6 Å². The number of hydrogen-bond acceptors (Lipinski definition) is 2. The van der Waals surface area contributed by atoms with Crippen LogP contribution in [0.2, 0.25) is 0 Å². The number of hydrogen-bond donors (Lipinski definition) is 1. The lowest BCUT2D eigenvalue weighted by atomic mass is 10.1. The molecule has 1 saturated heterocycles. The molecular formula is C12H15F2NO. The predicted molar refractivity (Wildman–Crippen MR) is 56.9 cm³/mol. The average Bonchev–Trinajstić information content (AvgIpc) is 2.24. The Hall–Kier alpha value is -1.00. The molecule has 0 aromatic heterocycles. The maximum absolute atomic E-state index is 13.0. The van der Waals surface area contributed by atoms with Crippen LogP contribution in [0.3, 0.4) is 0 Å². The van der Waals surface area contributed by atoms with E-state index in [1.165, 1.54) is 6.07 Å². The third kappa shape index (κ3) is 2.77. The minimum Gasteiger partial charge on any atom is -0.392 e. The molecule has 1 aliphatic heterocycles. The zero-order valence-electron chi connectivity index (χ0n) is 9.00. The topological polar surface area (TPSA) is 23.5 Å². The molecule has 1 aromatic carbocycles. The van der Waals surface area contributed by atoms with Gasteiger partial charge in [0.2, 0.25) is 0 Å². The Kier molecular flexibility index (Phi) is 3.51. The first-order chi connectivity index (χ1) is 7.65. The summed E-state index contributed by atoms with van der Waals surface area (Å²) in [6, 6.07) is 3.95. The summed E-state index contributed by atoms with van der Waals surface area (Å²) in [5, 5.41) is 9.48. The third-order valence-electron chi connectivity index (χ3n) is 2.87. The van der Waals surface area contributed by atoms with Gasteiger partial charge in [0.05, 0.1) is 6.10 Å². The molecule has 4 heteroatoms. The molecular weight excluding hydrogens is 212 g/mol. The second kappa shape index (κ2) is 4.89. The molecule has 0 amide bonds. The Morgan fingerprint density at radius 1 is 1.31 bits per heavy atom. The Morgan fingerprint density at radius 2 is 2.12 bits per heavy atom. The Balaban J connectivity index is 2.00. The smallest absolute Gasteiger partial charge is 0.159 e. The number of halogens is 2. The molecule has 1 aliphatic rings. The first-order valence-electron chi connectivity index (χ1n) is 5.49. The van der Waals surface area contributed by atoms with Gasteiger partial charge in [0.1, 0.15) is 0 Å². The fraction of sp³-hybridized carbons (Fsp3) is 0.500. The molecule has 88 valence electrons. The van der Waals surface area contributed by atoms with Crippen molar-refractivity contribution in [2.24, 2.45) is 0 Å². The number of β-amino-alcohol motifs (C(OH)–C–C–N with tert-alkyl or cyclic N) is 1. The molecule has 0 bridgehead atoms. The number of aliphatic hydroxyl groups is 1. The normalized spacial score (nSPS) is 22.3. The zero-order chi connectivity index (χ0) is 11.5. The van der Waals surface area contributed by atoms with Gasteiger partial charge in [-0.25, -0.2) is 8.78 Å². The van der Waals surface area contributed by atoms with Crippen LogP contribution in [-0.4, -0.2) is 29.2 Å². The number of nitrogens with zero attached hydrogens (tertiary/aromatic N) is 1. The molecule has 16 heavy (non-hydrogen) atoms. The molecule has 1 N–H and O–H groups in total. The fourth-order valence-corrected chi connectivity index (χ4v) is 2.07. The van der Waals surface area contributed by atoms with Crippen molar-refractivity contribution < 1.29 is 13.9 Å². The van der Waals surface area contributed by atoms with Crippen molar-refractivity contribution >= 4 is 0 Å². The van der Waals surface area contributed by atoms with Gasteiger partial charge in [-0.2, -0.15) is 0 Å². The van der Waals surface area contributed by atoms with E-state index in [2.05, 4.69) is 4.90 Å². The number of aliphatic hydroxyl groups excluding tert-OH is 1. The molecule has 2 rings (SSSR count). The predicted octanol–water partition coefficient (Wildman–Crippen LogP) is 1.92. The zero-order valence-corrected chi connectivity index (χ0v) is 9.00. The lowest BCUT2D eigenvalue weighted by Crippen LogP contribution is -2.37. The molecule has 1 heterocycles. The van der Waals surface area contributed by atoms with E-state index in [1.807, 2.05) is 0 Å². The summed E-state index contributed by atoms with van der Waals surface area (Å²) in [6.45, 7) is 2.07. The molecule has 0 saturated carbocycles. The summed E-state index contributed by atoms with van der Waals surface area (Å²) in [4.78, 5) is 2.06. The Labute approximate surface area is 93.5 Å². The van der Waals surface area contributed by atoms with Crippen molar-refractivity contribution in [3.63, 3.8) is 0 Å². The minimum atomic E-state index is -0.817. The SMILES string of the molecule is OC1CCCN(Cc2ccc(F)c(F)c2)C1. The van der Waals surface area contributed by atoms with Gasteiger partial charge in [0, 0.05) is 13.1 Å². The first kappa shape index (κ1) is 11.5. The highest BCUT2D eigenvalue weighted by molar-refractivity contribution is 5.17. The molecule has 1 unspecified atom stereocenters. The fourth-order valence-electron chi connectivity index (χ4n) is 2.07. The molecule has 2 nitrogen and oxygen atoms in total. The highest BCUT2D eigenvalue weighted by atomic mass is 19.2. The average molecular weight is 227 g/mol. The van der Waals surface area contributed by atoms with Gasteiger partial charge in [0.15, 0.2) is 11.6 Å². The quantitative estimate of drug-likeness (QED) is 0.834. The standard InChI is InChI=1S/C12H15F2NO/c13-11-4-3-9(6-12(11)14)7-15-5-1-2-10(16)8-15/h3-4,6,10,16H,1-2,5,7-8H2. The van der Waals surface area contributed by atoms with E-state index in [0.29, 0.717) is 13.1 Å². The molecule has 1 atom stereocenters. The maximum Gasteiger partial charge on any atom is 0.159 e. The molecule has 1 aromatic rings. The van der Waals surface area contributed by atoms with Gasteiger partial charge < -0.3 is 5.11 Å². The van der Waals surface area contributed by atoms with Crippen molar-refractivity contribution in [3.8, 4) is 0 Å². The number of likely N-dealkylation sites (tertiary alicyclic amines) is 1. The summed E-state index contributed by atoms with van der Waals surface area (Å²) in [5.41, 5.74) is 0.744. The molecule has 0 radical (unpaired) electrons. The van der Waals surface area contributed by atoms with E-state index in [-0.39, 0.29) is 6.10 Å². The van der Waals surface area contributed by atoms with Crippen molar-refractivity contribution in [1.82, 2.24) is 4.90 Å². The van der Waals surface area contributed by atoms with Gasteiger partial charge in [-0.05, 0) is 37.1 Å². The van der Waals surface area contributed by atoms with Crippen LogP contribution >= 0.6 is 0 Å². The van der Waals surface area contributed by atoms with Crippen LogP contribution in [0.5, 0.6) is 0 Å². The summed E-state index contributed by atoms with van der Waals surface area (Å²) in [6.07, 6.45) is 1.48. The lowest BCUT2D eigenvalue weighted by molar-refractivity contribution is 0.0668. The maximum atomic E-state index is 13.0. The van der Waals surface area contributed by atoms with Crippen LogP contribution < -0.4 is 0 Å².